The highest BCUT2D eigenvalue weighted by Crippen LogP contribution is 2.49. The van der Waals surface area contributed by atoms with Crippen LogP contribution in [0.15, 0.2) is 0 Å². The third-order valence-corrected chi connectivity index (χ3v) is 4.96. The van der Waals surface area contributed by atoms with Crippen molar-refractivity contribution in [1.82, 2.24) is 0 Å². The van der Waals surface area contributed by atoms with Crippen LogP contribution in [0.1, 0.15) is 47.5 Å². The molecule has 0 spiro atoms. The average Bonchev–Trinajstić information content (AvgIpc) is 2.40. The van der Waals surface area contributed by atoms with E-state index in [0.29, 0.717) is 0 Å². The van der Waals surface area contributed by atoms with E-state index in [-0.39, 0.29) is 35.9 Å². The Morgan fingerprint density at radius 2 is 1.95 bits per heavy atom. The van der Waals surface area contributed by atoms with Crippen molar-refractivity contribution >= 4 is 0 Å². The quantitative estimate of drug-likeness (QED) is 0.801. The maximum Gasteiger partial charge on any atom is 0.187 e. The summed E-state index contributed by atoms with van der Waals surface area (Å²) in [6, 6.07) is 0. The first-order chi connectivity index (χ1) is 9.28. The minimum Gasteiger partial charge on any atom is -0.394 e. The summed E-state index contributed by atoms with van der Waals surface area (Å²) in [6.45, 7) is 9.90. The Hall–Kier alpha value is -0.200. The molecule has 0 aliphatic carbocycles. The van der Waals surface area contributed by atoms with E-state index in [0.717, 1.165) is 12.8 Å². The number of ether oxygens (including phenoxy) is 3. The first-order valence-electron chi connectivity index (χ1n) is 7.58. The summed E-state index contributed by atoms with van der Waals surface area (Å²) in [4.78, 5) is 0. The highest BCUT2D eigenvalue weighted by atomic mass is 16.7. The molecule has 2 heterocycles. The van der Waals surface area contributed by atoms with E-state index in [9.17, 15) is 10.2 Å². The molecule has 5 nitrogen and oxygen atoms in total. The lowest BCUT2D eigenvalue weighted by Gasteiger charge is -2.60. The lowest BCUT2D eigenvalue weighted by Crippen LogP contribution is -2.73. The summed E-state index contributed by atoms with van der Waals surface area (Å²) in [6.07, 6.45) is -0.584. The number of fused-ring (bicyclic) bond motifs is 1. The second-order valence-corrected chi connectivity index (χ2v) is 6.72. The molecule has 2 aliphatic rings. The number of hydrogen-bond donors (Lipinski definition) is 2. The molecule has 2 N–H and O–H groups in total. The van der Waals surface area contributed by atoms with Crippen LogP contribution in [0.25, 0.3) is 0 Å². The molecule has 0 aromatic carbocycles. The van der Waals surface area contributed by atoms with Crippen LogP contribution in [0.4, 0.5) is 0 Å². The van der Waals surface area contributed by atoms with E-state index in [1.54, 1.807) is 0 Å². The summed E-state index contributed by atoms with van der Waals surface area (Å²) in [5, 5.41) is 20.0. The van der Waals surface area contributed by atoms with Crippen LogP contribution in [-0.2, 0) is 14.2 Å². The van der Waals surface area contributed by atoms with Gasteiger partial charge in [0, 0.05) is 5.92 Å². The zero-order valence-electron chi connectivity index (χ0n) is 13.1. The van der Waals surface area contributed by atoms with Crippen molar-refractivity contribution in [1.29, 1.82) is 0 Å². The normalized spacial score (nSPS) is 44.9. The van der Waals surface area contributed by atoms with E-state index in [1.807, 2.05) is 34.6 Å². The Morgan fingerprint density at radius 3 is 2.45 bits per heavy atom. The minimum absolute atomic E-state index is 0.0112. The Balaban J connectivity index is 2.11. The van der Waals surface area contributed by atoms with Crippen LogP contribution < -0.4 is 0 Å². The average molecular weight is 288 g/mol. The van der Waals surface area contributed by atoms with Gasteiger partial charge in [0.05, 0.1) is 30.0 Å². The van der Waals surface area contributed by atoms with Crippen LogP contribution in [0.2, 0.25) is 0 Å². The van der Waals surface area contributed by atoms with Crippen LogP contribution in [0, 0.1) is 5.92 Å². The van der Waals surface area contributed by atoms with Gasteiger partial charge in [-0.3, -0.25) is 0 Å². The fourth-order valence-electron chi connectivity index (χ4n) is 3.09. The third kappa shape index (κ3) is 2.62. The maximum atomic E-state index is 10.4. The second-order valence-electron chi connectivity index (χ2n) is 6.72. The molecule has 5 heteroatoms. The molecule has 2 aliphatic heterocycles. The molecule has 2 rings (SSSR count). The second kappa shape index (κ2) is 5.54. The van der Waals surface area contributed by atoms with Gasteiger partial charge in [-0.15, -0.1) is 0 Å². The van der Waals surface area contributed by atoms with Crippen molar-refractivity contribution in [2.45, 2.75) is 83.3 Å². The zero-order chi connectivity index (χ0) is 15.1. The fraction of sp³-hybridized carbons (Fsp3) is 1.00. The molecule has 0 aromatic rings. The highest BCUT2D eigenvalue weighted by Gasteiger charge is 2.62. The zero-order valence-corrected chi connectivity index (χ0v) is 13.1. The Labute approximate surface area is 121 Å². The number of hydrogen-bond acceptors (Lipinski definition) is 5. The molecule has 20 heavy (non-hydrogen) atoms. The summed E-state index contributed by atoms with van der Waals surface area (Å²) in [5.74, 6) is 0.0112. The van der Waals surface area contributed by atoms with Crippen molar-refractivity contribution in [2.24, 2.45) is 5.92 Å². The van der Waals surface area contributed by atoms with E-state index in [2.05, 4.69) is 0 Å². The minimum atomic E-state index is -0.812. The van der Waals surface area contributed by atoms with Crippen LogP contribution in [-0.4, -0.2) is 52.6 Å². The standard InChI is InChI=1S/C15H28O5/c1-6-14(3,4)20-13-11(17)12-10(9(8-16)18-13)15(5,7-2)19-12/h9-13,16-17H,6-8H2,1-5H3. The molecule has 6 unspecified atom stereocenters. The van der Waals surface area contributed by atoms with Crippen LogP contribution >= 0.6 is 0 Å². The van der Waals surface area contributed by atoms with Crippen molar-refractivity contribution in [3.63, 3.8) is 0 Å². The highest BCUT2D eigenvalue weighted by molar-refractivity contribution is 5.07. The summed E-state index contributed by atoms with van der Waals surface area (Å²) >= 11 is 0. The van der Waals surface area contributed by atoms with Gasteiger partial charge in [-0.25, -0.2) is 0 Å². The van der Waals surface area contributed by atoms with Gasteiger partial charge in [0.2, 0.25) is 0 Å². The van der Waals surface area contributed by atoms with Gasteiger partial charge in [0.25, 0.3) is 0 Å². The number of rotatable bonds is 5. The van der Waals surface area contributed by atoms with E-state index >= 15 is 0 Å². The Bertz CT molecular complexity index is 343. The van der Waals surface area contributed by atoms with Crippen molar-refractivity contribution in [2.75, 3.05) is 6.61 Å². The fourth-order valence-corrected chi connectivity index (χ4v) is 3.09. The molecule has 2 saturated heterocycles. The van der Waals surface area contributed by atoms with Gasteiger partial charge in [-0.05, 0) is 33.6 Å². The largest absolute Gasteiger partial charge is 0.394 e. The predicted molar refractivity (Wildman–Crippen MR) is 74.3 cm³/mol. The molecule has 0 amide bonds. The van der Waals surface area contributed by atoms with E-state index in [1.165, 1.54) is 0 Å². The molecule has 0 bridgehead atoms. The van der Waals surface area contributed by atoms with Crippen molar-refractivity contribution < 1.29 is 24.4 Å². The van der Waals surface area contributed by atoms with Gasteiger partial charge in [0.15, 0.2) is 6.29 Å². The number of aliphatic hydroxyl groups is 2. The van der Waals surface area contributed by atoms with E-state index < -0.39 is 12.4 Å². The Morgan fingerprint density at radius 1 is 1.30 bits per heavy atom. The summed E-state index contributed by atoms with van der Waals surface area (Å²) in [5.41, 5.74) is -0.708. The third-order valence-electron chi connectivity index (χ3n) is 4.96. The molecule has 0 saturated carbocycles. The van der Waals surface area contributed by atoms with Gasteiger partial charge in [0.1, 0.15) is 6.10 Å². The predicted octanol–water partition coefficient (Wildman–Crippen LogP) is 1.45. The first-order valence-corrected chi connectivity index (χ1v) is 7.58. The topological polar surface area (TPSA) is 68.2 Å². The lowest BCUT2D eigenvalue weighted by atomic mass is 9.70. The molecule has 0 radical (unpaired) electrons. The molecular formula is C15H28O5. The monoisotopic (exact) mass is 288 g/mol. The molecular weight excluding hydrogens is 260 g/mol. The summed E-state index contributed by atoms with van der Waals surface area (Å²) in [7, 11) is 0. The molecule has 0 aromatic heterocycles. The molecule has 118 valence electrons. The van der Waals surface area contributed by atoms with Gasteiger partial charge in [-0.2, -0.15) is 0 Å². The smallest absolute Gasteiger partial charge is 0.187 e. The molecule has 6 atom stereocenters. The van der Waals surface area contributed by atoms with Gasteiger partial charge < -0.3 is 24.4 Å². The van der Waals surface area contributed by atoms with Gasteiger partial charge >= 0.3 is 0 Å². The number of aliphatic hydroxyl groups excluding tert-OH is 2. The van der Waals surface area contributed by atoms with Crippen molar-refractivity contribution in [3.05, 3.63) is 0 Å². The van der Waals surface area contributed by atoms with Gasteiger partial charge in [-0.1, -0.05) is 13.8 Å². The summed E-state index contributed by atoms with van der Waals surface area (Å²) < 4.78 is 17.6. The van der Waals surface area contributed by atoms with Crippen LogP contribution in [0.3, 0.4) is 0 Å². The maximum absolute atomic E-state index is 10.4. The van der Waals surface area contributed by atoms with Crippen molar-refractivity contribution in [3.8, 4) is 0 Å². The first kappa shape index (κ1) is 16.2. The SMILES string of the molecule is CCC(C)(C)OC1OC(CO)C2C(OC2(C)CC)C1O. The lowest BCUT2D eigenvalue weighted by molar-refractivity contribution is -0.398. The molecule has 2 fully saturated rings. The Kier molecular flexibility index (Phi) is 4.48. The van der Waals surface area contributed by atoms with Crippen LogP contribution in [0.5, 0.6) is 0 Å². The van der Waals surface area contributed by atoms with E-state index in [4.69, 9.17) is 14.2 Å².